The van der Waals surface area contributed by atoms with Gasteiger partial charge in [-0.2, -0.15) is 0 Å². The van der Waals surface area contributed by atoms with Crippen molar-refractivity contribution in [3.8, 4) is 5.75 Å². The highest BCUT2D eigenvalue weighted by atomic mass is 32.2. The summed E-state index contributed by atoms with van der Waals surface area (Å²) in [5, 5.41) is 13.5. The maximum atomic E-state index is 12.8. The van der Waals surface area contributed by atoms with Crippen molar-refractivity contribution in [1.82, 2.24) is 9.78 Å². The van der Waals surface area contributed by atoms with Crippen LogP contribution in [0.15, 0.2) is 34.1 Å². The summed E-state index contributed by atoms with van der Waals surface area (Å²) < 4.78 is 2.03. The Morgan fingerprint density at radius 2 is 1.84 bits per heavy atom. The summed E-state index contributed by atoms with van der Waals surface area (Å²) >= 11 is 1.60. The van der Waals surface area contributed by atoms with Crippen molar-refractivity contribution in [2.75, 3.05) is 0 Å². The van der Waals surface area contributed by atoms with Gasteiger partial charge >= 0.3 is 0 Å². The van der Waals surface area contributed by atoms with Gasteiger partial charge in [0.2, 0.25) is 0 Å². The van der Waals surface area contributed by atoms with E-state index in [4.69, 9.17) is 4.99 Å². The number of nitrogens with zero attached hydrogens (tertiary/aromatic N) is 2. The van der Waals surface area contributed by atoms with Crippen molar-refractivity contribution in [2.45, 2.75) is 56.7 Å². The molecule has 2 aliphatic rings. The Morgan fingerprint density at radius 1 is 1.16 bits per heavy atom. The predicted octanol–water partition coefficient (Wildman–Crippen LogP) is 4.66. The number of aromatic amines is 1. The van der Waals surface area contributed by atoms with Crippen LogP contribution in [-0.2, 0) is 0 Å². The van der Waals surface area contributed by atoms with Crippen LogP contribution < -0.4 is 5.56 Å². The Hall–Kier alpha value is -1.95. The van der Waals surface area contributed by atoms with Gasteiger partial charge in [0.25, 0.3) is 5.56 Å². The van der Waals surface area contributed by atoms with Gasteiger partial charge in [-0.1, -0.05) is 49.6 Å². The van der Waals surface area contributed by atoms with Crippen molar-refractivity contribution in [2.24, 2.45) is 4.99 Å². The molecule has 1 atom stereocenters. The molecule has 2 N–H and O–H groups in total. The fourth-order valence-corrected chi connectivity index (χ4v) is 4.98. The van der Waals surface area contributed by atoms with Gasteiger partial charge in [0.15, 0.2) is 5.82 Å². The maximum absolute atomic E-state index is 12.8. The minimum absolute atomic E-state index is 0.0407. The quantitative estimate of drug-likeness (QED) is 0.768. The van der Waals surface area contributed by atoms with E-state index in [9.17, 15) is 9.90 Å². The number of benzene rings is 1. The number of hydrogen-bond donors (Lipinski definition) is 2. The molecule has 0 radical (unpaired) electrons. The summed E-state index contributed by atoms with van der Waals surface area (Å²) in [4.78, 5) is 17.5. The predicted molar refractivity (Wildman–Crippen MR) is 102 cm³/mol. The molecule has 5 nitrogen and oxygen atoms in total. The van der Waals surface area contributed by atoms with Crippen molar-refractivity contribution < 1.29 is 5.11 Å². The molecule has 25 heavy (non-hydrogen) atoms. The lowest BCUT2D eigenvalue weighted by Crippen LogP contribution is -2.13. The van der Waals surface area contributed by atoms with E-state index in [1.165, 1.54) is 25.7 Å². The monoisotopic (exact) mass is 357 g/mol. The summed E-state index contributed by atoms with van der Waals surface area (Å²) in [5.41, 5.74) is 1.72. The van der Waals surface area contributed by atoms with Crippen LogP contribution in [0.5, 0.6) is 5.75 Å². The van der Waals surface area contributed by atoms with Gasteiger partial charge in [0, 0.05) is 0 Å². The van der Waals surface area contributed by atoms with Gasteiger partial charge in [0.05, 0.1) is 21.9 Å². The van der Waals surface area contributed by atoms with Gasteiger partial charge in [0.1, 0.15) is 5.75 Å². The van der Waals surface area contributed by atoms with E-state index in [-0.39, 0.29) is 16.6 Å². The van der Waals surface area contributed by atoms with E-state index in [0.717, 1.165) is 34.8 Å². The number of aromatic hydroxyl groups is 1. The normalized spacial score (nSPS) is 21.5. The summed E-state index contributed by atoms with van der Waals surface area (Å²) in [5.74, 6) is 1.03. The van der Waals surface area contributed by atoms with Crippen LogP contribution in [-0.4, -0.2) is 19.9 Å². The number of rotatable bonds is 2. The van der Waals surface area contributed by atoms with Gasteiger partial charge in [-0.05, 0) is 37.5 Å². The largest absolute Gasteiger partial charge is 0.508 e. The molecule has 2 aromatic rings. The lowest BCUT2D eigenvalue weighted by Gasteiger charge is -2.23. The van der Waals surface area contributed by atoms with Gasteiger partial charge < -0.3 is 5.11 Å². The third kappa shape index (κ3) is 3.15. The first-order valence-corrected chi connectivity index (χ1v) is 9.87. The first-order valence-electron chi connectivity index (χ1n) is 8.99. The van der Waals surface area contributed by atoms with Crippen molar-refractivity contribution in [1.29, 1.82) is 0 Å². The van der Waals surface area contributed by atoms with E-state index < -0.39 is 0 Å². The fraction of sp³-hybridized carbons (Fsp3) is 0.474. The van der Waals surface area contributed by atoms with Gasteiger partial charge in [-0.25, -0.2) is 4.99 Å². The second-order valence-electron chi connectivity index (χ2n) is 6.91. The summed E-state index contributed by atoms with van der Waals surface area (Å²) in [7, 11) is 0. The van der Waals surface area contributed by atoms with Crippen LogP contribution in [0.25, 0.3) is 0 Å². The molecule has 1 aliphatic carbocycles. The number of nitrogens with one attached hydrogen (secondary N) is 1. The molecule has 132 valence electrons. The Bertz CT molecular complexity index is 843. The maximum Gasteiger partial charge on any atom is 0.271 e. The lowest BCUT2D eigenvalue weighted by molar-refractivity contribution is 0.407. The minimum atomic E-state index is -0.0797. The Balaban J connectivity index is 1.79. The highest BCUT2D eigenvalue weighted by Gasteiger charge is 2.31. The van der Waals surface area contributed by atoms with E-state index in [0.29, 0.717) is 6.04 Å². The van der Waals surface area contributed by atoms with E-state index in [1.807, 2.05) is 23.7 Å². The van der Waals surface area contributed by atoms with Gasteiger partial charge in [-0.15, -0.1) is 0 Å². The number of phenolic OH excluding ortho intramolecular Hbond substituents is 1. The number of aromatic nitrogens is 2. The molecule has 0 amide bonds. The molecule has 6 heteroatoms. The molecule has 1 aliphatic heterocycles. The number of aliphatic imine (C=N–C) groups is 1. The first kappa shape index (κ1) is 16.5. The molecular weight excluding hydrogens is 334 g/mol. The lowest BCUT2D eigenvalue weighted by atomic mass is 10.1. The molecular formula is C19H23N3O2S. The molecule has 1 saturated carbocycles. The van der Waals surface area contributed by atoms with Crippen LogP contribution in [0.3, 0.4) is 0 Å². The average Bonchev–Trinajstić information content (AvgIpc) is 2.78. The van der Waals surface area contributed by atoms with E-state index >= 15 is 0 Å². The third-order valence-corrected chi connectivity index (χ3v) is 6.31. The zero-order valence-electron chi connectivity index (χ0n) is 14.4. The van der Waals surface area contributed by atoms with Gasteiger partial charge in [-0.3, -0.25) is 14.6 Å². The van der Waals surface area contributed by atoms with Crippen LogP contribution in [0.2, 0.25) is 0 Å². The molecule has 0 spiro atoms. The second-order valence-corrected chi connectivity index (χ2v) is 8.21. The highest BCUT2D eigenvalue weighted by Crippen LogP contribution is 2.45. The Morgan fingerprint density at radius 3 is 2.52 bits per heavy atom. The van der Waals surface area contributed by atoms with Crippen LogP contribution >= 0.6 is 11.8 Å². The summed E-state index contributed by atoms with van der Waals surface area (Å²) in [6.45, 7) is 2.00. The number of thioether (sulfide) groups is 1. The van der Waals surface area contributed by atoms with Crippen molar-refractivity contribution >= 4 is 22.6 Å². The zero-order chi connectivity index (χ0) is 17.4. The molecule has 1 fully saturated rings. The number of fused-ring (bicyclic) bond motifs is 1. The fourth-order valence-electron chi connectivity index (χ4n) is 3.87. The zero-order valence-corrected chi connectivity index (χ0v) is 15.2. The van der Waals surface area contributed by atoms with Crippen LogP contribution in [0.1, 0.15) is 67.9 Å². The van der Waals surface area contributed by atoms with Crippen molar-refractivity contribution in [3.63, 3.8) is 0 Å². The molecule has 1 aromatic heterocycles. The molecule has 1 aromatic carbocycles. The van der Waals surface area contributed by atoms with E-state index in [1.54, 1.807) is 23.9 Å². The summed E-state index contributed by atoms with van der Waals surface area (Å²) in [6, 6.07) is 7.45. The molecule has 4 rings (SSSR count). The average molecular weight is 357 g/mol. The molecule has 0 bridgehead atoms. The van der Waals surface area contributed by atoms with Crippen LogP contribution in [0.4, 0.5) is 5.82 Å². The van der Waals surface area contributed by atoms with Crippen molar-refractivity contribution in [3.05, 3.63) is 45.7 Å². The second kappa shape index (κ2) is 6.75. The minimum Gasteiger partial charge on any atom is -0.508 e. The number of hydrogen-bond acceptors (Lipinski definition) is 4. The first-order chi connectivity index (χ1) is 12.1. The molecule has 2 heterocycles. The standard InChI is InChI=1S/C19H23N3O2S/c1-12-20-18-16(17(25-12)13-8-10-15(23)11-9-13)19(24)21-22(18)14-6-4-2-3-5-7-14/h8-11,14,17,23H,2-7H2,1H3,(H,21,24)/t17-/m0/s1. The molecule has 0 unspecified atom stereocenters. The Labute approximate surface area is 151 Å². The SMILES string of the molecule is CC1=Nc2c(c(=O)[nH]n2C2CCCCCC2)[C@H](c2ccc(O)cc2)S1. The topological polar surface area (TPSA) is 70.4 Å². The number of phenols is 1. The Kier molecular flexibility index (Phi) is 4.46. The smallest absolute Gasteiger partial charge is 0.271 e. The highest BCUT2D eigenvalue weighted by molar-refractivity contribution is 8.14. The molecule has 0 saturated heterocycles. The van der Waals surface area contributed by atoms with E-state index in [2.05, 4.69) is 5.10 Å². The summed E-state index contributed by atoms with van der Waals surface area (Å²) in [6.07, 6.45) is 7.17. The van der Waals surface area contributed by atoms with Crippen LogP contribution in [0, 0.1) is 0 Å². The third-order valence-electron chi connectivity index (χ3n) is 5.14. The number of H-pyrrole nitrogens is 1.